The van der Waals surface area contributed by atoms with E-state index in [9.17, 15) is 17.4 Å². The largest absolute Gasteiger partial charge is 0.478 e. The predicted molar refractivity (Wildman–Crippen MR) is 79.4 cm³/mol. The minimum atomic E-state index is -3.76. The van der Waals surface area contributed by atoms with Crippen LogP contribution in [0.5, 0.6) is 0 Å². The Hall–Kier alpha value is -1.25. The summed E-state index contributed by atoms with van der Waals surface area (Å²) in [5, 5.41) is 9.06. The van der Waals surface area contributed by atoms with Crippen molar-refractivity contribution < 1.29 is 22.5 Å². The Balaban J connectivity index is 2.21. The van der Waals surface area contributed by atoms with Crippen LogP contribution in [0.15, 0.2) is 23.1 Å². The highest BCUT2D eigenvalue weighted by atomic mass is 32.2. The van der Waals surface area contributed by atoms with Gasteiger partial charge in [-0.2, -0.15) is 0 Å². The summed E-state index contributed by atoms with van der Waals surface area (Å²) in [7, 11) is -4.62. The van der Waals surface area contributed by atoms with Gasteiger partial charge in [0.2, 0.25) is 10.0 Å². The lowest BCUT2D eigenvalue weighted by Gasteiger charge is -2.22. The van der Waals surface area contributed by atoms with Gasteiger partial charge in [-0.15, -0.1) is 0 Å². The Labute approximate surface area is 126 Å². The van der Waals surface area contributed by atoms with Crippen LogP contribution in [0.1, 0.15) is 28.8 Å². The fraction of sp³-hybridized carbons (Fsp3) is 0.462. The number of carbonyl (C=O) groups is 1. The van der Waals surface area contributed by atoms with E-state index in [1.807, 2.05) is 0 Å². The lowest BCUT2D eigenvalue weighted by atomic mass is 10.1. The Morgan fingerprint density at radius 2 is 1.95 bits per heavy atom. The summed E-state index contributed by atoms with van der Waals surface area (Å²) < 4.78 is 38.4. The molecule has 0 radical (unpaired) electrons. The zero-order valence-corrected chi connectivity index (χ0v) is 13.2. The van der Waals surface area contributed by atoms with Crippen molar-refractivity contribution in [3.63, 3.8) is 0 Å². The first-order valence-corrected chi connectivity index (χ1v) is 9.48. The van der Waals surface area contributed by atoms with Crippen LogP contribution >= 0.6 is 0 Å². The molecule has 0 aliphatic carbocycles. The number of rotatable bonds is 4. The molecule has 2 N–H and O–H groups in total. The maximum Gasteiger partial charge on any atom is 0.335 e. The molecular weight excluding hydrogens is 314 g/mol. The maximum absolute atomic E-state index is 12.3. The fourth-order valence-electron chi connectivity index (χ4n) is 2.20. The van der Waals surface area contributed by atoms with Crippen molar-refractivity contribution in [2.75, 3.05) is 11.5 Å². The van der Waals surface area contributed by atoms with Crippen LogP contribution in [-0.4, -0.2) is 41.3 Å². The number of benzene rings is 1. The second-order valence-corrected chi connectivity index (χ2v) is 8.44. The van der Waals surface area contributed by atoms with Gasteiger partial charge in [0, 0.05) is 28.3 Å². The first-order chi connectivity index (χ1) is 9.79. The molecule has 1 saturated heterocycles. The third-order valence-electron chi connectivity index (χ3n) is 3.46. The molecule has 0 amide bonds. The van der Waals surface area contributed by atoms with E-state index in [0.29, 0.717) is 29.9 Å². The molecule has 1 aromatic carbocycles. The number of sulfonamides is 1. The third kappa shape index (κ3) is 3.90. The maximum atomic E-state index is 12.3. The number of aryl methyl sites for hydroxylation is 1. The molecular formula is C13H17NO5S2. The lowest BCUT2D eigenvalue weighted by Crippen LogP contribution is -2.39. The van der Waals surface area contributed by atoms with Gasteiger partial charge in [-0.1, -0.05) is 6.07 Å². The van der Waals surface area contributed by atoms with Gasteiger partial charge in [0.05, 0.1) is 10.5 Å². The minimum absolute atomic E-state index is 0.0253. The molecule has 8 heteroatoms. The van der Waals surface area contributed by atoms with E-state index in [2.05, 4.69) is 4.72 Å². The summed E-state index contributed by atoms with van der Waals surface area (Å²) in [6, 6.07) is 3.79. The first kappa shape index (κ1) is 16.1. The van der Waals surface area contributed by atoms with E-state index >= 15 is 0 Å². The molecule has 0 bridgehead atoms. The molecule has 0 unspecified atom stereocenters. The monoisotopic (exact) mass is 331 g/mol. The second kappa shape index (κ2) is 6.25. The van der Waals surface area contributed by atoms with Crippen molar-refractivity contribution in [3.8, 4) is 0 Å². The Kier molecular flexibility index (Phi) is 4.80. The summed E-state index contributed by atoms with van der Waals surface area (Å²) in [5.41, 5.74) is 0.483. The van der Waals surface area contributed by atoms with Gasteiger partial charge in [0.1, 0.15) is 0 Å². The smallest absolute Gasteiger partial charge is 0.335 e. The average Bonchev–Trinajstić information content (AvgIpc) is 2.41. The number of nitrogens with one attached hydrogen (secondary N) is 1. The zero-order chi connectivity index (χ0) is 15.6. The molecule has 21 heavy (non-hydrogen) atoms. The van der Waals surface area contributed by atoms with Gasteiger partial charge in [-0.3, -0.25) is 4.21 Å². The van der Waals surface area contributed by atoms with Crippen LogP contribution in [0, 0.1) is 6.92 Å². The molecule has 0 spiro atoms. The Bertz CT molecular complexity index is 674. The van der Waals surface area contributed by atoms with Crippen LogP contribution in [0.25, 0.3) is 0 Å². The highest BCUT2D eigenvalue weighted by Gasteiger charge is 2.25. The number of carboxylic acid groups (broad SMARTS) is 1. The number of hydrogen-bond acceptors (Lipinski definition) is 4. The van der Waals surface area contributed by atoms with E-state index in [1.54, 1.807) is 6.92 Å². The molecule has 1 aliphatic rings. The first-order valence-electron chi connectivity index (χ1n) is 6.51. The van der Waals surface area contributed by atoms with Gasteiger partial charge in [-0.05, 0) is 37.5 Å². The molecule has 6 nitrogen and oxygen atoms in total. The molecule has 0 saturated carbocycles. The van der Waals surface area contributed by atoms with Gasteiger partial charge in [0.25, 0.3) is 0 Å². The van der Waals surface area contributed by atoms with Crippen molar-refractivity contribution in [1.29, 1.82) is 0 Å². The lowest BCUT2D eigenvalue weighted by molar-refractivity contribution is 0.0696. The molecule has 2 rings (SSSR count). The second-order valence-electron chi connectivity index (χ2n) is 5.03. The summed E-state index contributed by atoms with van der Waals surface area (Å²) in [4.78, 5) is 11.0. The van der Waals surface area contributed by atoms with Crippen LogP contribution in [-0.2, 0) is 20.8 Å². The van der Waals surface area contributed by atoms with Crippen molar-refractivity contribution in [1.82, 2.24) is 4.72 Å². The van der Waals surface area contributed by atoms with Gasteiger partial charge >= 0.3 is 5.97 Å². The summed E-state index contributed by atoms with van der Waals surface area (Å²) in [5.74, 6) is -0.180. The minimum Gasteiger partial charge on any atom is -0.478 e. The fourth-order valence-corrected chi connectivity index (χ4v) is 4.83. The van der Waals surface area contributed by atoms with Gasteiger partial charge < -0.3 is 5.11 Å². The van der Waals surface area contributed by atoms with E-state index in [-0.39, 0.29) is 16.5 Å². The number of aromatic carboxylic acids is 1. The quantitative estimate of drug-likeness (QED) is 0.853. The van der Waals surface area contributed by atoms with Crippen LogP contribution < -0.4 is 4.72 Å². The topological polar surface area (TPSA) is 101 Å². The molecule has 1 aliphatic heterocycles. The highest BCUT2D eigenvalue weighted by Crippen LogP contribution is 2.18. The zero-order valence-electron chi connectivity index (χ0n) is 11.5. The predicted octanol–water partition coefficient (Wildman–Crippen LogP) is 0.883. The number of carboxylic acids is 1. The van der Waals surface area contributed by atoms with Crippen molar-refractivity contribution in [3.05, 3.63) is 29.3 Å². The number of hydrogen-bond donors (Lipinski definition) is 2. The molecule has 0 aromatic heterocycles. The molecule has 0 atom stereocenters. The summed E-state index contributed by atoms with van der Waals surface area (Å²) in [6.07, 6.45) is 1.06. The Morgan fingerprint density at radius 3 is 2.52 bits per heavy atom. The van der Waals surface area contributed by atoms with Crippen molar-refractivity contribution in [2.45, 2.75) is 30.7 Å². The van der Waals surface area contributed by atoms with Crippen LogP contribution in [0.4, 0.5) is 0 Å². The van der Waals surface area contributed by atoms with E-state index in [0.717, 1.165) is 0 Å². The van der Waals surface area contributed by atoms with Gasteiger partial charge in [0.15, 0.2) is 0 Å². The van der Waals surface area contributed by atoms with Crippen LogP contribution in [0.3, 0.4) is 0 Å². The molecule has 1 aromatic rings. The molecule has 1 fully saturated rings. The highest BCUT2D eigenvalue weighted by molar-refractivity contribution is 7.89. The van der Waals surface area contributed by atoms with E-state index in [1.165, 1.54) is 18.2 Å². The standard InChI is InChI=1S/C13H17NO5S2/c1-9-2-3-11(8-12(9)13(15)16)21(18,19)14-10-4-6-20(17)7-5-10/h2-3,8,10,14H,4-7H2,1H3,(H,15,16). The summed E-state index contributed by atoms with van der Waals surface area (Å²) in [6.45, 7) is 1.61. The third-order valence-corrected chi connectivity index (χ3v) is 6.36. The van der Waals surface area contributed by atoms with E-state index in [4.69, 9.17) is 5.11 Å². The van der Waals surface area contributed by atoms with Crippen LogP contribution in [0.2, 0.25) is 0 Å². The molecule has 1 heterocycles. The normalized spacial score (nSPS) is 22.9. The Morgan fingerprint density at radius 1 is 1.33 bits per heavy atom. The van der Waals surface area contributed by atoms with E-state index < -0.39 is 26.8 Å². The van der Waals surface area contributed by atoms with Crippen molar-refractivity contribution in [2.24, 2.45) is 0 Å². The molecule has 116 valence electrons. The average molecular weight is 331 g/mol. The van der Waals surface area contributed by atoms with Gasteiger partial charge in [-0.25, -0.2) is 17.9 Å². The summed E-state index contributed by atoms with van der Waals surface area (Å²) >= 11 is 0. The van der Waals surface area contributed by atoms with Crippen molar-refractivity contribution >= 4 is 26.8 Å². The SMILES string of the molecule is Cc1ccc(S(=O)(=O)NC2CCS(=O)CC2)cc1C(=O)O.